The number of rotatable bonds is 3. The molecule has 1 aromatic carbocycles. The summed E-state index contributed by atoms with van der Waals surface area (Å²) in [4.78, 5) is 16.5. The third kappa shape index (κ3) is 2.88. The highest BCUT2D eigenvalue weighted by atomic mass is 79.9. The molecule has 0 unspecified atom stereocenters. The smallest absolute Gasteiger partial charge is 0.359 e. The quantitative estimate of drug-likeness (QED) is 0.568. The predicted octanol–water partition coefficient (Wildman–Crippen LogP) is 4.26. The van der Waals surface area contributed by atoms with Crippen LogP contribution in [0, 0.1) is 5.82 Å². The van der Waals surface area contributed by atoms with Crippen molar-refractivity contribution < 1.29 is 13.9 Å². The molecular formula is C15H10Br2FN3O2. The number of hydrogen-bond donors (Lipinski definition) is 0. The van der Waals surface area contributed by atoms with E-state index in [0.717, 1.165) is 0 Å². The van der Waals surface area contributed by atoms with Crippen LogP contribution in [0.5, 0.6) is 0 Å². The maximum atomic E-state index is 14.3. The zero-order valence-electron chi connectivity index (χ0n) is 11.9. The Morgan fingerprint density at radius 1 is 1.30 bits per heavy atom. The van der Waals surface area contributed by atoms with Crippen molar-refractivity contribution in [2.45, 2.75) is 6.92 Å². The van der Waals surface area contributed by atoms with Gasteiger partial charge in [-0.3, -0.25) is 4.98 Å². The Kier molecular flexibility index (Phi) is 4.45. The SMILES string of the molecule is CCOC(=O)c1c2nccc(Br)c2nn1-c1ccc(Br)cc1F. The van der Waals surface area contributed by atoms with Gasteiger partial charge in [-0.2, -0.15) is 5.10 Å². The fraction of sp³-hybridized carbons (Fsp3) is 0.133. The van der Waals surface area contributed by atoms with Gasteiger partial charge >= 0.3 is 5.97 Å². The number of fused-ring (bicyclic) bond motifs is 1. The number of benzene rings is 1. The number of aromatic nitrogens is 3. The summed E-state index contributed by atoms with van der Waals surface area (Å²) in [5.74, 6) is -1.13. The van der Waals surface area contributed by atoms with Crippen LogP contribution in [0.2, 0.25) is 0 Å². The molecule has 3 aromatic rings. The molecule has 0 aliphatic carbocycles. The van der Waals surface area contributed by atoms with Gasteiger partial charge in [0.1, 0.15) is 22.5 Å². The molecule has 0 amide bonds. The molecule has 23 heavy (non-hydrogen) atoms. The molecule has 0 fully saturated rings. The van der Waals surface area contributed by atoms with Crippen molar-refractivity contribution in [1.29, 1.82) is 0 Å². The Morgan fingerprint density at radius 3 is 2.78 bits per heavy atom. The average Bonchev–Trinajstić information content (AvgIpc) is 2.88. The van der Waals surface area contributed by atoms with E-state index in [4.69, 9.17) is 4.74 Å². The number of carbonyl (C=O) groups is 1. The van der Waals surface area contributed by atoms with Crippen molar-refractivity contribution in [2.24, 2.45) is 0 Å². The van der Waals surface area contributed by atoms with Crippen LogP contribution in [-0.2, 0) is 4.74 Å². The minimum Gasteiger partial charge on any atom is -0.461 e. The Hall–Kier alpha value is -1.80. The summed E-state index contributed by atoms with van der Waals surface area (Å²) in [6.07, 6.45) is 1.54. The molecule has 0 atom stereocenters. The van der Waals surface area contributed by atoms with Crippen molar-refractivity contribution in [1.82, 2.24) is 14.8 Å². The number of esters is 1. The summed E-state index contributed by atoms with van der Waals surface area (Å²) in [6, 6.07) is 6.20. The topological polar surface area (TPSA) is 57.0 Å². The van der Waals surface area contributed by atoms with Gasteiger partial charge in [0.25, 0.3) is 0 Å². The highest BCUT2D eigenvalue weighted by molar-refractivity contribution is 9.11. The first kappa shape index (κ1) is 16.1. The van der Waals surface area contributed by atoms with E-state index in [1.165, 1.54) is 16.8 Å². The normalized spacial score (nSPS) is 11.0. The molecule has 0 saturated heterocycles. The molecule has 0 radical (unpaired) electrons. The fourth-order valence-electron chi connectivity index (χ4n) is 2.16. The minimum atomic E-state index is -0.608. The third-order valence-electron chi connectivity index (χ3n) is 3.12. The summed E-state index contributed by atoms with van der Waals surface area (Å²) >= 11 is 6.57. The number of nitrogens with zero attached hydrogens (tertiary/aromatic N) is 3. The molecule has 0 aliphatic rings. The Morgan fingerprint density at radius 2 is 2.09 bits per heavy atom. The zero-order chi connectivity index (χ0) is 16.6. The maximum Gasteiger partial charge on any atom is 0.359 e. The lowest BCUT2D eigenvalue weighted by Gasteiger charge is -2.08. The van der Waals surface area contributed by atoms with Gasteiger partial charge in [0.2, 0.25) is 0 Å². The number of pyridine rings is 1. The van der Waals surface area contributed by atoms with Crippen molar-refractivity contribution in [3.63, 3.8) is 0 Å². The van der Waals surface area contributed by atoms with Crippen LogP contribution in [0.1, 0.15) is 17.4 Å². The fourth-order valence-corrected chi connectivity index (χ4v) is 2.88. The standard InChI is InChI=1S/C15H10Br2FN3O2/c1-2-23-15(22)14-13-12(9(17)5-6-19-13)20-21(14)11-4-3-8(16)7-10(11)18/h3-7H,2H2,1H3. The molecule has 0 spiro atoms. The van der Waals surface area contributed by atoms with Crippen LogP contribution >= 0.6 is 31.9 Å². The van der Waals surface area contributed by atoms with Gasteiger partial charge in [-0.15, -0.1) is 0 Å². The second kappa shape index (κ2) is 6.37. The molecule has 0 aliphatic heterocycles. The third-order valence-corrected chi connectivity index (χ3v) is 4.25. The molecule has 5 nitrogen and oxygen atoms in total. The van der Waals surface area contributed by atoms with E-state index in [1.54, 1.807) is 25.3 Å². The van der Waals surface area contributed by atoms with E-state index in [1.807, 2.05) is 0 Å². The summed E-state index contributed by atoms with van der Waals surface area (Å²) in [6.45, 7) is 1.90. The Balaban J connectivity index is 2.33. The van der Waals surface area contributed by atoms with Gasteiger partial charge < -0.3 is 4.74 Å². The van der Waals surface area contributed by atoms with Crippen LogP contribution in [0.15, 0.2) is 39.4 Å². The lowest BCUT2D eigenvalue weighted by Crippen LogP contribution is -2.13. The number of halogens is 3. The van der Waals surface area contributed by atoms with Crippen LogP contribution < -0.4 is 0 Å². The Labute approximate surface area is 147 Å². The molecule has 2 heterocycles. The van der Waals surface area contributed by atoms with Crippen LogP contribution in [0.3, 0.4) is 0 Å². The number of ether oxygens (including phenoxy) is 1. The Bertz CT molecular complexity index is 911. The molecule has 2 aromatic heterocycles. The summed E-state index contributed by atoms with van der Waals surface area (Å²) < 4.78 is 21.9. The van der Waals surface area contributed by atoms with Crippen molar-refractivity contribution >= 4 is 48.9 Å². The van der Waals surface area contributed by atoms with Gasteiger partial charge in [0.15, 0.2) is 5.69 Å². The molecular weight excluding hydrogens is 433 g/mol. The summed E-state index contributed by atoms with van der Waals surface area (Å²) in [5, 5.41) is 4.33. The van der Waals surface area contributed by atoms with Gasteiger partial charge in [-0.1, -0.05) is 15.9 Å². The molecule has 118 valence electrons. The number of hydrogen-bond acceptors (Lipinski definition) is 4. The predicted molar refractivity (Wildman–Crippen MR) is 90.2 cm³/mol. The molecule has 0 bridgehead atoms. The van der Waals surface area contributed by atoms with E-state index in [-0.39, 0.29) is 18.0 Å². The minimum absolute atomic E-state index is 0.0874. The van der Waals surface area contributed by atoms with Gasteiger partial charge in [0, 0.05) is 15.1 Å². The van der Waals surface area contributed by atoms with Crippen LogP contribution in [0.4, 0.5) is 4.39 Å². The van der Waals surface area contributed by atoms with Crippen molar-refractivity contribution in [3.05, 3.63) is 50.9 Å². The van der Waals surface area contributed by atoms with Gasteiger partial charge in [0.05, 0.1) is 6.61 Å². The zero-order valence-corrected chi connectivity index (χ0v) is 15.1. The number of carbonyl (C=O) groups excluding carboxylic acids is 1. The van der Waals surface area contributed by atoms with Gasteiger partial charge in [-0.05, 0) is 47.1 Å². The lowest BCUT2D eigenvalue weighted by atomic mass is 10.2. The largest absolute Gasteiger partial charge is 0.461 e. The molecule has 8 heteroatoms. The lowest BCUT2D eigenvalue weighted by molar-refractivity contribution is 0.0517. The first-order valence-electron chi connectivity index (χ1n) is 6.68. The van der Waals surface area contributed by atoms with E-state index < -0.39 is 11.8 Å². The van der Waals surface area contributed by atoms with Crippen molar-refractivity contribution in [2.75, 3.05) is 6.61 Å². The van der Waals surface area contributed by atoms with E-state index in [9.17, 15) is 9.18 Å². The highest BCUT2D eigenvalue weighted by Gasteiger charge is 2.24. The first-order chi connectivity index (χ1) is 11.0. The van der Waals surface area contributed by atoms with E-state index in [2.05, 4.69) is 41.9 Å². The summed E-state index contributed by atoms with van der Waals surface area (Å²) in [5.41, 5.74) is 1.03. The van der Waals surface area contributed by atoms with E-state index >= 15 is 0 Å². The van der Waals surface area contributed by atoms with Crippen molar-refractivity contribution in [3.8, 4) is 5.69 Å². The second-order valence-corrected chi connectivity index (χ2v) is 6.34. The highest BCUT2D eigenvalue weighted by Crippen LogP contribution is 2.28. The first-order valence-corrected chi connectivity index (χ1v) is 8.27. The molecule has 3 rings (SSSR count). The van der Waals surface area contributed by atoms with E-state index in [0.29, 0.717) is 20.0 Å². The average molecular weight is 443 g/mol. The maximum absolute atomic E-state index is 14.3. The molecule has 0 saturated carbocycles. The van der Waals surface area contributed by atoms with Crippen LogP contribution in [0.25, 0.3) is 16.7 Å². The van der Waals surface area contributed by atoms with Crippen LogP contribution in [-0.4, -0.2) is 27.3 Å². The summed E-state index contributed by atoms with van der Waals surface area (Å²) in [7, 11) is 0. The van der Waals surface area contributed by atoms with Gasteiger partial charge in [-0.25, -0.2) is 13.9 Å². The second-order valence-electron chi connectivity index (χ2n) is 4.57. The monoisotopic (exact) mass is 441 g/mol. The molecule has 0 N–H and O–H groups in total.